The Bertz CT molecular complexity index is 919. The second kappa shape index (κ2) is 13.1. The monoisotopic (exact) mass is 494 g/mol. The Kier molecular flexibility index (Phi) is 10.8. The normalized spacial score (nSPS) is 16.4. The molecule has 0 aromatic heterocycles. The Morgan fingerprint density at radius 2 is 2.03 bits per heavy atom. The lowest BCUT2D eigenvalue weighted by molar-refractivity contribution is -0.139. The molecule has 1 unspecified atom stereocenters. The van der Waals surface area contributed by atoms with Crippen molar-refractivity contribution >= 4 is 35.1 Å². The second-order valence-electron chi connectivity index (χ2n) is 8.61. The van der Waals surface area contributed by atoms with Gasteiger partial charge in [-0.15, -0.1) is 11.8 Å². The number of aliphatic hydroxyl groups is 1. The van der Waals surface area contributed by atoms with E-state index >= 15 is 0 Å². The zero-order chi connectivity index (χ0) is 24.5. The fourth-order valence-corrected chi connectivity index (χ4v) is 5.02. The van der Waals surface area contributed by atoms with Crippen LogP contribution in [0.15, 0.2) is 45.8 Å². The molecule has 182 valence electrons. The summed E-state index contributed by atoms with van der Waals surface area (Å²) in [6.45, 7) is 8.35. The van der Waals surface area contributed by atoms with Gasteiger partial charge in [-0.2, -0.15) is 0 Å². The number of aliphatic hydroxyl groups excluding tert-OH is 1. The van der Waals surface area contributed by atoms with Crippen LogP contribution in [0, 0.1) is 11.8 Å². The van der Waals surface area contributed by atoms with E-state index in [0.717, 1.165) is 40.4 Å². The first-order valence-electron chi connectivity index (χ1n) is 11.5. The molecule has 0 heterocycles. The first-order valence-corrected chi connectivity index (χ1v) is 12.9. The predicted octanol–water partition coefficient (Wildman–Crippen LogP) is 6.69. The van der Waals surface area contributed by atoms with Gasteiger partial charge in [0, 0.05) is 33.6 Å². The molecule has 1 N–H and O–H groups in total. The zero-order valence-corrected chi connectivity index (χ0v) is 21.8. The minimum absolute atomic E-state index is 0.0119. The first-order chi connectivity index (χ1) is 15.7. The lowest BCUT2D eigenvalue weighted by atomic mass is 9.82. The second-order valence-corrected chi connectivity index (χ2v) is 10.2. The molecule has 0 saturated heterocycles. The van der Waals surface area contributed by atoms with E-state index in [1.807, 2.05) is 26.0 Å². The Morgan fingerprint density at radius 1 is 1.30 bits per heavy atom. The van der Waals surface area contributed by atoms with E-state index in [0.29, 0.717) is 30.0 Å². The largest absolute Gasteiger partial charge is 0.507 e. The number of allylic oxidation sites excluding steroid dienone is 3. The van der Waals surface area contributed by atoms with Crippen molar-refractivity contribution in [3.8, 4) is 0 Å². The van der Waals surface area contributed by atoms with E-state index in [9.17, 15) is 14.7 Å². The number of hydrogen-bond donors (Lipinski definition) is 1. The van der Waals surface area contributed by atoms with Crippen molar-refractivity contribution in [2.45, 2.75) is 64.7 Å². The van der Waals surface area contributed by atoms with Gasteiger partial charge in [-0.25, -0.2) is 0 Å². The Balaban J connectivity index is 1.97. The van der Waals surface area contributed by atoms with Crippen LogP contribution in [-0.4, -0.2) is 36.3 Å². The number of ketones is 1. The Hall–Kier alpha value is -1.92. The molecule has 5 nitrogen and oxygen atoms in total. The maximum atomic E-state index is 12.5. The van der Waals surface area contributed by atoms with E-state index < -0.39 is 0 Å². The highest BCUT2D eigenvalue weighted by atomic mass is 35.5. The third kappa shape index (κ3) is 7.54. The molecule has 0 radical (unpaired) electrons. The van der Waals surface area contributed by atoms with E-state index in [1.165, 1.54) is 7.11 Å². The van der Waals surface area contributed by atoms with Gasteiger partial charge in [0.15, 0.2) is 5.78 Å². The van der Waals surface area contributed by atoms with Crippen molar-refractivity contribution in [1.29, 1.82) is 0 Å². The number of esters is 1. The third-order valence-electron chi connectivity index (χ3n) is 5.53. The quantitative estimate of drug-likeness (QED) is 0.198. The number of Topliss-reactive ketones (excluding diaryl/α,β-unsaturated/α-hetero) is 1. The molecule has 0 spiro atoms. The van der Waals surface area contributed by atoms with Gasteiger partial charge in [0.2, 0.25) is 0 Å². The lowest BCUT2D eigenvalue weighted by Gasteiger charge is -2.28. The van der Waals surface area contributed by atoms with Crippen LogP contribution in [0.2, 0.25) is 5.02 Å². The highest BCUT2D eigenvalue weighted by Gasteiger charge is 2.31. The van der Waals surface area contributed by atoms with Crippen molar-refractivity contribution in [2.75, 3.05) is 19.5 Å². The topological polar surface area (TPSA) is 72.8 Å². The van der Waals surface area contributed by atoms with Crippen molar-refractivity contribution in [3.63, 3.8) is 0 Å². The van der Waals surface area contributed by atoms with Gasteiger partial charge in [0.25, 0.3) is 0 Å². The number of benzene rings is 1. The fourth-order valence-electron chi connectivity index (χ4n) is 3.81. The molecule has 1 aliphatic rings. The fraction of sp³-hybridized carbons (Fsp3) is 0.538. The molecular formula is C26H35ClO5S. The van der Waals surface area contributed by atoms with Crippen LogP contribution >= 0.6 is 23.4 Å². The summed E-state index contributed by atoms with van der Waals surface area (Å²) in [4.78, 5) is 24.9. The molecule has 0 fully saturated rings. The number of rotatable bonds is 12. The molecule has 1 aromatic carbocycles. The minimum Gasteiger partial charge on any atom is -0.507 e. The number of thioether (sulfide) groups is 1. The smallest absolute Gasteiger partial charge is 0.309 e. The van der Waals surface area contributed by atoms with E-state index in [1.54, 1.807) is 17.8 Å². The summed E-state index contributed by atoms with van der Waals surface area (Å²) in [6, 6.07) is 5.61. The molecule has 1 aromatic rings. The first kappa shape index (κ1) is 27.3. The standard InChI is InChI=1S/C26H35ClO5S/c1-6-8-19-25(30)20(24(29)16(2)3)13-17(4)26(19)32-11-7-12-33-22-10-9-18(14-21(22)27)15-23(28)31-5/h9-10,14,16-17,30H,6-8,11-13,15H2,1-5H3. The molecule has 0 aliphatic heterocycles. The number of hydrogen-bond acceptors (Lipinski definition) is 6. The van der Waals surface area contributed by atoms with E-state index in [4.69, 9.17) is 21.1 Å². The van der Waals surface area contributed by atoms with Gasteiger partial charge in [0.05, 0.1) is 25.2 Å². The van der Waals surface area contributed by atoms with Gasteiger partial charge >= 0.3 is 5.97 Å². The van der Waals surface area contributed by atoms with E-state index in [2.05, 4.69) is 13.8 Å². The van der Waals surface area contributed by atoms with E-state index in [-0.39, 0.29) is 35.8 Å². The molecular weight excluding hydrogens is 460 g/mol. The Labute approximate surface area is 206 Å². The Morgan fingerprint density at radius 3 is 2.64 bits per heavy atom. The van der Waals surface area contributed by atoms with Crippen molar-refractivity contribution in [1.82, 2.24) is 0 Å². The van der Waals surface area contributed by atoms with Crippen LogP contribution in [0.4, 0.5) is 0 Å². The summed E-state index contributed by atoms with van der Waals surface area (Å²) in [5, 5.41) is 11.4. The number of carbonyl (C=O) groups excluding carboxylic acids is 2. The molecule has 33 heavy (non-hydrogen) atoms. The van der Waals surface area contributed by atoms with Crippen LogP contribution < -0.4 is 0 Å². The molecule has 0 amide bonds. The average molecular weight is 495 g/mol. The minimum atomic E-state index is -0.293. The van der Waals surface area contributed by atoms with Crippen LogP contribution in [0.1, 0.15) is 58.9 Å². The average Bonchev–Trinajstić information content (AvgIpc) is 2.78. The molecule has 0 bridgehead atoms. The number of ether oxygens (including phenoxy) is 2. The van der Waals surface area contributed by atoms with Gasteiger partial charge in [0.1, 0.15) is 11.5 Å². The molecule has 7 heteroatoms. The molecule has 0 saturated carbocycles. The summed E-state index contributed by atoms with van der Waals surface area (Å²) < 4.78 is 10.8. The SMILES string of the molecule is CCCC1=C(OCCCSc2ccc(CC(=O)OC)cc2Cl)C(C)CC(C(=O)C(C)C)=C1O. The summed E-state index contributed by atoms with van der Waals surface area (Å²) in [7, 11) is 1.37. The highest BCUT2D eigenvalue weighted by Crippen LogP contribution is 2.37. The van der Waals surface area contributed by atoms with Crippen LogP contribution in [0.3, 0.4) is 0 Å². The summed E-state index contributed by atoms with van der Waals surface area (Å²) in [5.41, 5.74) is 2.13. The molecule has 1 atom stereocenters. The lowest BCUT2D eigenvalue weighted by Crippen LogP contribution is -2.23. The summed E-state index contributed by atoms with van der Waals surface area (Å²) in [6.07, 6.45) is 3.07. The maximum Gasteiger partial charge on any atom is 0.309 e. The van der Waals surface area contributed by atoms with Gasteiger partial charge in [-0.3, -0.25) is 9.59 Å². The summed E-state index contributed by atoms with van der Waals surface area (Å²) in [5.74, 6) is 1.39. The van der Waals surface area contributed by atoms with Crippen molar-refractivity contribution in [3.05, 3.63) is 51.4 Å². The van der Waals surface area contributed by atoms with Gasteiger partial charge < -0.3 is 14.6 Å². The van der Waals surface area contributed by atoms with Gasteiger partial charge in [-0.1, -0.05) is 51.8 Å². The predicted molar refractivity (Wildman–Crippen MR) is 134 cm³/mol. The number of carbonyl (C=O) groups is 2. The van der Waals surface area contributed by atoms with Crippen LogP contribution in [0.25, 0.3) is 0 Å². The highest BCUT2D eigenvalue weighted by molar-refractivity contribution is 7.99. The van der Waals surface area contributed by atoms with Crippen molar-refractivity contribution in [2.24, 2.45) is 11.8 Å². The number of methoxy groups -OCH3 is 1. The third-order valence-corrected chi connectivity index (χ3v) is 7.11. The molecule has 2 rings (SSSR count). The molecule has 1 aliphatic carbocycles. The van der Waals surface area contributed by atoms with Crippen molar-refractivity contribution < 1.29 is 24.2 Å². The number of halogens is 1. The van der Waals surface area contributed by atoms with Gasteiger partial charge in [-0.05, 0) is 37.0 Å². The zero-order valence-electron chi connectivity index (χ0n) is 20.2. The summed E-state index contributed by atoms with van der Waals surface area (Å²) >= 11 is 8.01. The maximum absolute atomic E-state index is 12.5. The van der Waals surface area contributed by atoms with Crippen LogP contribution in [0.5, 0.6) is 0 Å². The van der Waals surface area contributed by atoms with Crippen LogP contribution in [-0.2, 0) is 25.5 Å².